The van der Waals surface area contributed by atoms with Gasteiger partial charge >= 0.3 is 0 Å². The molecule has 114 valence electrons. The number of aryl methyl sites for hydroxylation is 2. The van der Waals surface area contributed by atoms with E-state index in [0.29, 0.717) is 6.42 Å². The largest absolute Gasteiger partial charge is 0.481 e. The number of nitrogens with one attached hydrogen (secondary N) is 1. The lowest BCUT2D eigenvalue weighted by Crippen LogP contribution is -2.32. The number of hydrogen-bond acceptors (Lipinski definition) is 2. The summed E-state index contributed by atoms with van der Waals surface area (Å²) in [5.41, 5.74) is 3.63. The molecule has 1 unspecified atom stereocenters. The molecular weight excluding hydrogens is 274 g/mol. The van der Waals surface area contributed by atoms with Gasteiger partial charge in [0.15, 0.2) is 6.10 Å². The van der Waals surface area contributed by atoms with Crippen LogP contribution >= 0.6 is 0 Å². The van der Waals surface area contributed by atoms with E-state index in [1.807, 2.05) is 43.3 Å². The van der Waals surface area contributed by atoms with E-state index in [-0.39, 0.29) is 5.91 Å². The lowest BCUT2D eigenvalue weighted by atomic mass is 10.1. The summed E-state index contributed by atoms with van der Waals surface area (Å²) in [5.74, 6) is 0.628. The number of carbonyl (C=O) groups is 1. The van der Waals surface area contributed by atoms with Crippen LogP contribution in [0.2, 0.25) is 0 Å². The number of amides is 1. The van der Waals surface area contributed by atoms with Crippen LogP contribution in [0.5, 0.6) is 5.75 Å². The number of benzene rings is 2. The average molecular weight is 295 g/mol. The van der Waals surface area contributed by atoms with Gasteiger partial charge in [0.05, 0.1) is 0 Å². The fraction of sp³-hybridized carbons (Fsp3) is 0.316. The minimum atomic E-state index is -0.476. The zero-order valence-corrected chi connectivity index (χ0v) is 12.8. The van der Waals surface area contributed by atoms with Gasteiger partial charge in [-0.2, -0.15) is 0 Å². The standard InChI is InChI=1S/C19H21NO2/c1-2-18(22-17-9-4-3-5-10-17)19(21)20-16-12-11-14-7-6-8-15(14)13-16/h3-5,9-13,18H,2,6-8H2,1H3,(H,20,21). The molecule has 1 N–H and O–H groups in total. The predicted octanol–water partition coefficient (Wildman–Crippen LogP) is 3.97. The normalized spacial score (nSPS) is 14.2. The second-order valence-corrected chi connectivity index (χ2v) is 5.65. The number of rotatable bonds is 5. The summed E-state index contributed by atoms with van der Waals surface area (Å²) in [5, 5.41) is 2.98. The third-order valence-electron chi connectivity index (χ3n) is 4.05. The quantitative estimate of drug-likeness (QED) is 0.906. The van der Waals surface area contributed by atoms with Crippen molar-refractivity contribution in [3.8, 4) is 5.75 Å². The minimum Gasteiger partial charge on any atom is -0.481 e. The summed E-state index contributed by atoms with van der Waals surface area (Å²) in [6.45, 7) is 1.95. The molecule has 2 aromatic rings. The van der Waals surface area contributed by atoms with E-state index in [0.717, 1.165) is 24.3 Å². The molecule has 0 aliphatic heterocycles. The smallest absolute Gasteiger partial charge is 0.265 e. The van der Waals surface area contributed by atoms with Crippen LogP contribution in [0.3, 0.4) is 0 Å². The van der Waals surface area contributed by atoms with Crippen LogP contribution in [0.15, 0.2) is 48.5 Å². The van der Waals surface area contributed by atoms with Gasteiger partial charge in [-0.25, -0.2) is 0 Å². The molecule has 0 aromatic heterocycles. The summed E-state index contributed by atoms with van der Waals surface area (Å²) < 4.78 is 5.78. The Morgan fingerprint density at radius 3 is 2.68 bits per heavy atom. The van der Waals surface area contributed by atoms with Gasteiger partial charge in [0.2, 0.25) is 0 Å². The van der Waals surface area contributed by atoms with E-state index in [1.54, 1.807) is 0 Å². The molecule has 0 saturated carbocycles. The fourth-order valence-electron chi connectivity index (χ4n) is 2.86. The van der Waals surface area contributed by atoms with E-state index in [4.69, 9.17) is 4.74 Å². The molecule has 3 nitrogen and oxygen atoms in total. The van der Waals surface area contributed by atoms with Crippen molar-refractivity contribution in [3.63, 3.8) is 0 Å². The Morgan fingerprint density at radius 1 is 1.14 bits per heavy atom. The Balaban J connectivity index is 1.67. The lowest BCUT2D eigenvalue weighted by Gasteiger charge is -2.17. The predicted molar refractivity (Wildman–Crippen MR) is 88.2 cm³/mol. The Kier molecular flexibility index (Phi) is 4.42. The Hall–Kier alpha value is -2.29. The second-order valence-electron chi connectivity index (χ2n) is 5.65. The van der Waals surface area contributed by atoms with Gasteiger partial charge < -0.3 is 10.1 Å². The first-order valence-corrected chi connectivity index (χ1v) is 7.90. The molecule has 0 heterocycles. The maximum atomic E-state index is 12.4. The molecule has 0 bridgehead atoms. The molecule has 2 aromatic carbocycles. The van der Waals surface area contributed by atoms with Crippen molar-refractivity contribution < 1.29 is 9.53 Å². The number of ether oxygens (including phenoxy) is 1. The van der Waals surface area contributed by atoms with E-state index in [1.165, 1.54) is 17.5 Å². The molecular formula is C19H21NO2. The average Bonchev–Trinajstić information content (AvgIpc) is 3.01. The molecule has 3 heteroatoms. The zero-order chi connectivity index (χ0) is 15.4. The van der Waals surface area contributed by atoms with E-state index >= 15 is 0 Å². The first-order chi connectivity index (χ1) is 10.8. The summed E-state index contributed by atoms with van der Waals surface area (Å²) in [6, 6.07) is 15.7. The van der Waals surface area contributed by atoms with Crippen molar-refractivity contribution in [2.45, 2.75) is 38.7 Å². The first kappa shape index (κ1) is 14.6. The van der Waals surface area contributed by atoms with Crippen molar-refractivity contribution in [1.29, 1.82) is 0 Å². The van der Waals surface area contributed by atoms with Gasteiger partial charge in [0, 0.05) is 5.69 Å². The second kappa shape index (κ2) is 6.65. The topological polar surface area (TPSA) is 38.3 Å². The Morgan fingerprint density at radius 2 is 1.91 bits per heavy atom. The van der Waals surface area contributed by atoms with E-state index < -0.39 is 6.10 Å². The van der Waals surface area contributed by atoms with Crippen molar-refractivity contribution >= 4 is 11.6 Å². The van der Waals surface area contributed by atoms with Crippen molar-refractivity contribution in [2.24, 2.45) is 0 Å². The molecule has 1 aliphatic carbocycles. The molecule has 0 saturated heterocycles. The monoisotopic (exact) mass is 295 g/mol. The van der Waals surface area contributed by atoms with Gasteiger partial charge in [-0.15, -0.1) is 0 Å². The highest BCUT2D eigenvalue weighted by molar-refractivity contribution is 5.94. The van der Waals surface area contributed by atoms with Crippen LogP contribution in [0.4, 0.5) is 5.69 Å². The number of para-hydroxylation sites is 1. The Labute approximate surface area is 131 Å². The molecule has 1 amide bonds. The van der Waals surface area contributed by atoms with Crippen LogP contribution < -0.4 is 10.1 Å². The summed E-state index contributed by atoms with van der Waals surface area (Å²) in [6.07, 6.45) is 3.62. The molecule has 1 atom stereocenters. The third kappa shape index (κ3) is 3.30. The van der Waals surface area contributed by atoms with Gasteiger partial charge in [0.1, 0.15) is 5.75 Å². The fourth-order valence-corrected chi connectivity index (χ4v) is 2.86. The number of fused-ring (bicyclic) bond motifs is 1. The highest BCUT2D eigenvalue weighted by atomic mass is 16.5. The minimum absolute atomic E-state index is 0.0932. The molecule has 3 rings (SSSR count). The van der Waals surface area contributed by atoms with Gasteiger partial charge in [-0.05, 0) is 61.1 Å². The SMILES string of the molecule is CCC(Oc1ccccc1)C(=O)Nc1ccc2c(c1)CCC2. The molecule has 0 fully saturated rings. The number of anilines is 1. The Bertz CT molecular complexity index is 652. The van der Waals surface area contributed by atoms with Crippen molar-refractivity contribution in [1.82, 2.24) is 0 Å². The lowest BCUT2D eigenvalue weighted by molar-refractivity contribution is -0.122. The molecule has 1 aliphatic rings. The third-order valence-corrected chi connectivity index (χ3v) is 4.05. The van der Waals surface area contributed by atoms with Crippen LogP contribution in [0, 0.1) is 0 Å². The highest BCUT2D eigenvalue weighted by Crippen LogP contribution is 2.25. The highest BCUT2D eigenvalue weighted by Gasteiger charge is 2.19. The summed E-state index contributed by atoms with van der Waals surface area (Å²) in [7, 11) is 0. The van der Waals surface area contributed by atoms with Crippen LogP contribution in [0.25, 0.3) is 0 Å². The first-order valence-electron chi connectivity index (χ1n) is 7.90. The zero-order valence-electron chi connectivity index (χ0n) is 12.8. The van der Waals surface area contributed by atoms with E-state index in [2.05, 4.69) is 17.4 Å². The molecule has 0 radical (unpaired) electrons. The maximum absolute atomic E-state index is 12.4. The number of hydrogen-bond donors (Lipinski definition) is 1. The van der Waals surface area contributed by atoms with Crippen molar-refractivity contribution in [3.05, 3.63) is 59.7 Å². The van der Waals surface area contributed by atoms with Crippen LogP contribution in [-0.4, -0.2) is 12.0 Å². The molecule has 0 spiro atoms. The molecule has 22 heavy (non-hydrogen) atoms. The van der Waals surface area contributed by atoms with Crippen LogP contribution in [0.1, 0.15) is 30.9 Å². The van der Waals surface area contributed by atoms with Gasteiger partial charge in [-0.1, -0.05) is 31.2 Å². The summed E-state index contributed by atoms with van der Waals surface area (Å²) in [4.78, 5) is 12.4. The van der Waals surface area contributed by atoms with Crippen molar-refractivity contribution in [2.75, 3.05) is 5.32 Å². The maximum Gasteiger partial charge on any atom is 0.265 e. The van der Waals surface area contributed by atoms with Gasteiger partial charge in [-0.3, -0.25) is 4.79 Å². The summed E-state index contributed by atoms with van der Waals surface area (Å²) >= 11 is 0. The van der Waals surface area contributed by atoms with Gasteiger partial charge in [0.25, 0.3) is 5.91 Å². The van der Waals surface area contributed by atoms with Crippen LogP contribution in [-0.2, 0) is 17.6 Å². The number of carbonyl (C=O) groups excluding carboxylic acids is 1. The van der Waals surface area contributed by atoms with E-state index in [9.17, 15) is 4.79 Å².